The summed E-state index contributed by atoms with van der Waals surface area (Å²) in [5.41, 5.74) is 1.62. The summed E-state index contributed by atoms with van der Waals surface area (Å²) in [5.74, 6) is 0. The highest BCUT2D eigenvalue weighted by Crippen LogP contribution is 2.17. The lowest BCUT2D eigenvalue weighted by atomic mass is 10.3. The zero-order chi connectivity index (χ0) is 17.0. The molecule has 0 radical (unpaired) electrons. The summed E-state index contributed by atoms with van der Waals surface area (Å²) in [7, 11) is 1.20. The van der Waals surface area contributed by atoms with Crippen LogP contribution in [0.2, 0.25) is 0 Å². The van der Waals surface area contributed by atoms with Gasteiger partial charge in [-0.2, -0.15) is 11.3 Å². The van der Waals surface area contributed by atoms with E-state index < -0.39 is 10.0 Å². The minimum absolute atomic E-state index is 0.187. The molecule has 1 aromatic heterocycles. The molecular weight excluding hydrogens is 334 g/mol. The van der Waals surface area contributed by atoms with Crippen molar-refractivity contribution in [3.05, 3.63) is 46.7 Å². The summed E-state index contributed by atoms with van der Waals surface area (Å²) < 4.78 is 25.1. The van der Waals surface area contributed by atoms with Crippen LogP contribution in [0.3, 0.4) is 0 Å². The summed E-state index contributed by atoms with van der Waals surface area (Å²) in [4.78, 5) is 13.9. The van der Waals surface area contributed by atoms with Crippen molar-refractivity contribution < 1.29 is 13.2 Å². The minimum atomic E-state index is -3.46. The van der Waals surface area contributed by atoms with Gasteiger partial charge in [0.15, 0.2) is 0 Å². The molecule has 23 heavy (non-hydrogen) atoms. The van der Waals surface area contributed by atoms with Crippen LogP contribution in [0.15, 0.2) is 46.0 Å². The molecule has 0 aliphatic rings. The van der Waals surface area contributed by atoms with Gasteiger partial charge in [0.25, 0.3) is 0 Å². The van der Waals surface area contributed by atoms with E-state index in [4.69, 9.17) is 0 Å². The van der Waals surface area contributed by atoms with Crippen LogP contribution in [0.4, 0.5) is 10.5 Å². The fourth-order valence-electron chi connectivity index (χ4n) is 1.87. The van der Waals surface area contributed by atoms with Crippen molar-refractivity contribution >= 4 is 33.1 Å². The van der Waals surface area contributed by atoms with Crippen molar-refractivity contribution in [3.63, 3.8) is 0 Å². The smallest absolute Gasteiger partial charge is 0.321 e. The zero-order valence-corrected chi connectivity index (χ0v) is 14.8. The van der Waals surface area contributed by atoms with Crippen LogP contribution in [-0.4, -0.2) is 44.8 Å². The third kappa shape index (κ3) is 4.31. The predicted molar refractivity (Wildman–Crippen MR) is 92.1 cm³/mol. The number of benzene rings is 1. The molecule has 0 fully saturated rings. The molecule has 0 aliphatic carbocycles. The highest BCUT2D eigenvalue weighted by atomic mass is 32.2. The third-order valence-corrected chi connectivity index (χ3v) is 5.79. The van der Waals surface area contributed by atoms with Crippen LogP contribution in [-0.2, 0) is 16.6 Å². The Balaban J connectivity index is 2.02. The number of amides is 2. The summed E-state index contributed by atoms with van der Waals surface area (Å²) in [5, 5.41) is 6.70. The fraction of sp³-hybridized carbons (Fsp3) is 0.267. The number of hydrogen-bond acceptors (Lipinski definition) is 4. The van der Waals surface area contributed by atoms with Gasteiger partial charge in [0.2, 0.25) is 10.0 Å². The lowest BCUT2D eigenvalue weighted by Gasteiger charge is -2.17. The Morgan fingerprint density at radius 1 is 1.13 bits per heavy atom. The third-order valence-electron chi connectivity index (χ3n) is 3.23. The van der Waals surface area contributed by atoms with Gasteiger partial charge in [-0.3, -0.25) is 0 Å². The molecule has 124 valence electrons. The van der Waals surface area contributed by atoms with Crippen LogP contribution in [0.5, 0.6) is 0 Å². The van der Waals surface area contributed by atoms with E-state index in [1.165, 1.54) is 26.2 Å². The fourth-order valence-corrected chi connectivity index (χ4v) is 3.43. The van der Waals surface area contributed by atoms with Gasteiger partial charge in [-0.25, -0.2) is 17.5 Å². The Labute approximate surface area is 140 Å². The molecule has 1 aromatic carbocycles. The van der Waals surface area contributed by atoms with E-state index in [0.717, 1.165) is 9.87 Å². The van der Waals surface area contributed by atoms with Crippen molar-refractivity contribution in [3.8, 4) is 0 Å². The lowest BCUT2D eigenvalue weighted by Crippen LogP contribution is -2.30. The van der Waals surface area contributed by atoms with Crippen LogP contribution in [0, 0.1) is 0 Å². The maximum absolute atomic E-state index is 12.1. The number of carbonyl (C=O) groups is 1. The van der Waals surface area contributed by atoms with Crippen molar-refractivity contribution in [2.45, 2.75) is 11.4 Å². The van der Waals surface area contributed by atoms with Crippen molar-refractivity contribution in [2.75, 3.05) is 26.5 Å². The Bertz CT molecular complexity index is 754. The molecule has 0 bridgehead atoms. The second-order valence-electron chi connectivity index (χ2n) is 5.23. The Kier molecular flexibility index (Phi) is 5.40. The van der Waals surface area contributed by atoms with Crippen molar-refractivity contribution in [1.82, 2.24) is 9.21 Å². The summed E-state index contributed by atoms with van der Waals surface area (Å²) in [6, 6.07) is 7.82. The number of thiophene rings is 1. The standard InChI is InChI=1S/C15H19N3O3S2/c1-17(2)23(20,21)14-6-4-13(5-7-14)16-15(19)18(3)10-12-8-9-22-11-12/h4-9,11H,10H2,1-3H3,(H,16,19). The van der Waals surface area contributed by atoms with E-state index in [1.54, 1.807) is 35.4 Å². The molecule has 0 saturated carbocycles. The van der Waals surface area contributed by atoms with E-state index in [0.29, 0.717) is 12.2 Å². The molecule has 2 aromatic rings. The van der Waals surface area contributed by atoms with Crippen LogP contribution in [0.1, 0.15) is 5.56 Å². The molecule has 2 amide bonds. The molecule has 0 atom stereocenters. The number of rotatable bonds is 5. The second-order valence-corrected chi connectivity index (χ2v) is 8.16. The molecule has 0 aliphatic heterocycles. The number of carbonyl (C=O) groups excluding carboxylic acids is 1. The largest absolute Gasteiger partial charge is 0.323 e. The quantitative estimate of drug-likeness (QED) is 0.898. The normalized spacial score (nSPS) is 11.5. The monoisotopic (exact) mass is 353 g/mol. The molecule has 1 heterocycles. The van der Waals surface area contributed by atoms with Gasteiger partial charge in [0.05, 0.1) is 4.90 Å². The molecule has 0 saturated heterocycles. The topological polar surface area (TPSA) is 69.7 Å². The molecule has 1 N–H and O–H groups in total. The van der Waals surface area contributed by atoms with E-state index in [2.05, 4.69) is 5.32 Å². The average Bonchev–Trinajstić information content (AvgIpc) is 3.00. The number of anilines is 1. The highest BCUT2D eigenvalue weighted by Gasteiger charge is 2.17. The van der Waals surface area contributed by atoms with Gasteiger partial charge in [-0.05, 0) is 46.7 Å². The van der Waals surface area contributed by atoms with Crippen LogP contribution >= 0.6 is 11.3 Å². The van der Waals surface area contributed by atoms with E-state index >= 15 is 0 Å². The van der Waals surface area contributed by atoms with Gasteiger partial charge in [-0.1, -0.05) is 0 Å². The number of urea groups is 1. The number of sulfonamides is 1. The Morgan fingerprint density at radius 2 is 1.78 bits per heavy atom. The molecule has 2 rings (SSSR count). The first-order valence-electron chi connectivity index (χ1n) is 6.86. The highest BCUT2D eigenvalue weighted by molar-refractivity contribution is 7.89. The maximum Gasteiger partial charge on any atom is 0.321 e. The first-order valence-corrected chi connectivity index (χ1v) is 9.25. The average molecular weight is 353 g/mol. The first-order chi connectivity index (χ1) is 10.8. The zero-order valence-electron chi connectivity index (χ0n) is 13.2. The van der Waals surface area contributed by atoms with Gasteiger partial charge < -0.3 is 10.2 Å². The second kappa shape index (κ2) is 7.12. The van der Waals surface area contributed by atoms with Gasteiger partial charge in [-0.15, -0.1) is 0 Å². The maximum atomic E-state index is 12.1. The summed E-state index contributed by atoms with van der Waals surface area (Å²) in [6.07, 6.45) is 0. The van der Waals surface area contributed by atoms with E-state index in [9.17, 15) is 13.2 Å². The molecule has 0 spiro atoms. The first kappa shape index (κ1) is 17.5. The van der Waals surface area contributed by atoms with Gasteiger partial charge >= 0.3 is 6.03 Å². The number of hydrogen-bond donors (Lipinski definition) is 1. The van der Waals surface area contributed by atoms with Crippen molar-refractivity contribution in [2.24, 2.45) is 0 Å². The van der Waals surface area contributed by atoms with Gasteiger partial charge in [0, 0.05) is 33.4 Å². The Morgan fingerprint density at radius 3 is 2.30 bits per heavy atom. The van der Waals surface area contributed by atoms with E-state index in [-0.39, 0.29) is 10.9 Å². The minimum Gasteiger partial charge on any atom is -0.323 e. The molecular formula is C15H19N3O3S2. The number of nitrogens with one attached hydrogen (secondary N) is 1. The van der Waals surface area contributed by atoms with Crippen molar-refractivity contribution in [1.29, 1.82) is 0 Å². The summed E-state index contributed by atoms with van der Waals surface area (Å²) in [6.45, 7) is 0.516. The molecule has 0 unspecified atom stereocenters. The number of nitrogens with zero attached hydrogens (tertiary/aromatic N) is 2. The van der Waals surface area contributed by atoms with E-state index in [1.807, 2.05) is 16.8 Å². The molecule has 6 nitrogen and oxygen atoms in total. The predicted octanol–water partition coefficient (Wildman–Crippen LogP) is 2.66. The van der Waals surface area contributed by atoms with Crippen LogP contribution < -0.4 is 5.32 Å². The van der Waals surface area contributed by atoms with Gasteiger partial charge in [0.1, 0.15) is 0 Å². The summed E-state index contributed by atoms with van der Waals surface area (Å²) >= 11 is 1.58. The lowest BCUT2D eigenvalue weighted by molar-refractivity contribution is 0.221. The SMILES string of the molecule is CN(Cc1ccsc1)C(=O)Nc1ccc(S(=O)(=O)N(C)C)cc1. The molecule has 8 heteroatoms. The Hall–Kier alpha value is -1.90. The van der Waals surface area contributed by atoms with Crippen LogP contribution in [0.25, 0.3) is 0 Å².